The fraction of sp³-hybridized carbons (Fsp3) is 0.386. The van der Waals surface area contributed by atoms with Crippen molar-refractivity contribution in [2.45, 2.75) is 90.1 Å². The van der Waals surface area contributed by atoms with Gasteiger partial charge in [-0.25, -0.2) is 9.78 Å². The van der Waals surface area contributed by atoms with E-state index in [4.69, 9.17) is 14.9 Å². The van der Waals surface area contributed by atoms with Gasteiger partial charge in [-0.15, -0.1) is 0 Å². The normalized spacial score (nSPS) is 20.8. The molecule has 1 fully saturated rings. The molecule has 4 aromatic carbocycles. The number of anilines is 1. The van der Waals surface area contributed by atoms with Crippen molar-refractivity contribution in [1.82, 2.24) is 9.97 Å². The minimum Gasteiger partial charge on any atom is -0.481 e. The lowest BCUT2D eigenvalue weighted by atomic mass is 9.48. The van der Waals surface area contributed by atoms with Crippen molar-refractivity contribution in [3.63, 3.8) is 0 Å². The van der Waals surface area contributed by atoms with Crippen molar-refractivity contribution in [2.75, 3.05) is 11.9 Å². The maximum absolute atomic E-state index is 11.2. The summed E-state index contributed by atoms with van der Waals surface area (Å²) in [6.45, 7) is 10.1. The lowest BCUT2D eigenvalue weighted by Gasteiger charge is -2.56. The molecule has 1 heterocycles. The summed E-state index contributed by atoms with van der Waals surface area (Å²) in [5, 5.41) is 19.6. The summed E-state index contributed by atoms with van der Waals surface area (Å²) in [5.41, 5.74) is 12.6. The predicted octanol–water partition coefficient (Wildman–Crippen LogP) is 10.8. The highest BCUT2D eigenvalue weighted by Gasteiger charge is 2.52. The van der Waals surface area contributed by atoms with Gasteiger partial charge in [0.25, 0.3) is 0 Å². The second-order valence-corrected chi connectivity index (χ2v) is 15.6. The van der Waals surface area contributed by atoms with E-state index in [0.29, 0.717) is 18.4 Å². The largest absolute Gasteiger partial charge is 0.490 e. The summed E-state index contributed by atoms with van der Waals surface area (Å²) in [6, 6.07) is 30.6. The number of nitrogens with zero attached hydrogens (tertiary/aromatic N) is 1. The summed E-state index contributed by atoms with van der Waals surface area (Å²) in [5.74, 6) is -1.64. The molecule has 3 atom stereocenters. The van der Waals surface area contributed by atoms with Gasteiger partial charge in [0.05, 0.1) is 17.5 Å². The number of aliphatic carboxylic acids is 2. The van der Waals surface area contributed by atoms with E-state index < -0.39 is 18.1 Å². The van der Waals surface area contributed by atoms with Gasteiger partial charge in [0.1, 0.15) is 5.82 Å². The van der Waals surface area contributed by atoms with E-state index >= 15 is 0 Å². The Morgan fingerprint density at radius 2 is 1.65 bits per heavy atom. The van der Waals surface area contributed by atoms with Crippen LogP contribution < -0.4 is 5.32 Å². The van der Waals surface area contributed by atoms with Crippen molar-refractivity contribution in [2.24, 2.45) is 11.3 Å². The maximum Gasteiger partial charge on any atom is 0.490 e. The molecule has 0 unspecified atom stereocenters. The van der Waals surface area contributed by atoms with Gasteiger partial charge in [0.2, 0.25) is 0 Å². The third-order valence-electron chi connectivity index (χ3n) is 11.7. The molecule has 7 rings (SSSR count). The van der Waals surface area contributed by atoms with Crippen LogP contribution in [0.15, 0.2) is 84.9 Å². The number of carboxylic acids is 2. The molecule has 2 aliphatic carbocycles. The second kappa shape index (κ2) is 15.3. The lowest BCUT2D eigenvalue weighted by molar-refractivity contribution is -0.192. The number of H-pyrrole nitrogens is 1. The van der Waals surface area contributed by atoms with Gasteiger partial charge in [-0.1, -0.05) is 101 Å². The molecule has 2 aliphatic rings. The number of nitrogens with one attached hydrogen (secondary N) is 2. The van der Waals surface area contributed by atoms with Crippen LogP contribution in [0.3, 0.4) is 0 Å². The molecule has 284 valence electrons. The average molecular weight is 740 g/mol. The number of aryl methyl sites for hydroxylation is 1. The maximum atomic E-state index is 11.2. The molecule has 7 nitrogen and oxygen atoms in total. The minimum absolute atomic E-state index is 0.0566. The van der Waals surface area contributed by atoms with Crippen LogP contribution in [0.25, 0.3) is 33.5 Å². The molecular weight excluding hydrogens is 691 g/mol. The third-order valence-corrected chi connectivity index (χ3v) is 11.7. The summed E-state index contributed by atoms with van der Waals surface area (Å²) in [6.07, 6.45) is 2.00. The van der Waals surface area contributed by atoms with Crippen molar-refractivity contribution in [3.05, 3.63) is 107 Å². The minimum atomic E-state index is -5.08. The Morgan fingerprint density at radius 3 is 2.33 bits per heavy atom. The van der Waals surface area contributed by atoms with Crippen LogP contribution in [0.5, 0.6) is 0 Å². The second-order valence-electron chi connectivity index (χ2n) is 15.6. The van der Waals surface area contributed by atoms with Crippen molar-refractivity contribution in [1.29, 1.82) is 0 Å². The summed E-state index contributed by atoms with van der Waals surface area (Å²) in [7, 11) is 0. The number of fused-ring (bicyclic) bond motifs is 4. The number of hydrogen-bond donors (Lipinski definition) is 4. The quantitative estimate of drug-likeness (QED) is 0.120. The SMILES string of the molecule is CC(C)c1ccc2c(c1)CC[C@H]1[C@@](C)(Cc3c(-c4ccccc4)ccc4[nH]c(-c5ccccc5NCCC(=O)O)nc34)CCC[C@]21C.O=C(O)C(F)(F)F. The monoisotopic (exact) mass is 739 g/mol. The Bertz CT molecular complexity index is 2140. The first-order valence-electron chi connectivity index (χ1n) is 18.7. The fourth-order valence-electron chi connectivity index (χ4n) is 9.09. The van der Waals surface area contributed by atoms with Gasteiger partial charge >= 0.3 is 18.1 Å². The zero-order chi connectivity index (χ0) is 38.8. The predicted molar refractivity (Wildman–Crippen MR) is 207 cm³/mol. The van der Waals surface area contributed by atoms with Gasteiger partial charge in [0, 0.05) is 17.8 Å². The molecule has 1 saturated carbocycles. The number of hydrogen-bond acceptors (Lipinski definition) is 4. The van der Waals surface area contributed by atoms with Gasteiger partial charge < -0.3 is 20.5 Å². The van der Waals surface area contributed by atoms with Crippen LogP contribution >= 0.6 is 0 Å². The zero-order valence-electron chi connectivity index (χ0n) is 31.2. The average Bonchev–Trinajstić information content (AvgIpc) is 3.57. The number of halogens is 3. The molecular formula is C44H48F3N3O4. The lowest BCUT2D eigenvalue weighted by Crippen LogP contribution is -2.50. The first-order valence-corrected chi connectivity index (χ1v) is 18.7. The van der Waals surface area contributed by atoms with Crippen LogP contribution in [0.1, 0.15) is 88.0 Å². The number of benzene rings is 4. The zero-order valence-corrected chi connectivity index (χ0v) is 31.2. The molecule has 54 heavy (non-hydrogen) atoms. The van der Waals surface area contributed by atoms with Crippen LogP contribution in [0.2, 0.25) is 0 Å². The molecule has 1 aromatic heterocycles. The van der Waals surface area contributed by atoms with Crippen LogP contribution in [0, 0.1) is 11.3 Å². The van der Waals surface area contributed by atoms with Crippen molar-refractivity contribution in [3.8, 4) is 22.5 Å². The Labute approximate surface area is 314 Å². The standard InChI is InChI=1S/C42H47N3O2.C2HF3O2/c1-27(2)29-15-18-34-30(25-29)16-20-37-41(3,22-10-23-42(34,37)4)26-33-31(28-11-6-5-7-12-28)17-19-36-39(33)45-40(44-36)32-13-8-9-14-35(32)43-24-21-38(46)47;3-2(4,5)1(6)7/h5-9,11-15,17-19,25,27,37,43H,10,16,20-24,26H2,1-4H3,(H,44,45)(H,46,47);(H,6,7)/t37-,41+,42+;/m0./s1. The number of para-hydroxylation sites is 1. The number of imidazole rings is 1. The first-order chi connectivity index (χ1) is 25.6. The van der Waals surface area contributed by atoms with E-state index in [1.165, 1.54) is 47.9 Å². The third kappa shape index (κ3) is 7.88. The Hall–Kier alpha value is -5.12. The number of alkyl halides is 3. The van der Waals surface area contributed by atoms with E-state index in [1.807, 2.05) is 18.2 Å². The summed E-state index contributed by atoms with van der Waals surface area (Å²) < 4.78 is 31.7. The molecule has 10 heteroatoms. The van der Waals surface area contributed by atoms with E-state index in [1.54, 1.807) is 11.1 Å². The highest BCUT2D eigenvalue weighted by atomic mass is 19.4. The van der Waals surface area contributed by atoms with E-state index in [-0.39, 0.29) is 17.3 Å². The molecule has 0 radical (unpaired) electrons. The first kappa shape index (κ1) is 38.6. The number of carbonyl (C=O) groups is 2. The van der Waals surface area contributed by atoms with Gasteiger partial charge in [-0.3, -0.25) is 4.79 Å². The Balaban J connectivity index is 0.000000649. The molecule has 5 aromatic rings. The Morgan fingerprint density at radius 1 is 0.944 bits per heavy atom. The highest BCUT2D eigenvalue weighted by molar-refractivity contribution is 5.90. The Kier molecular flexibility index (Phi) is 11.0. The number of rotatable bonds is 9. The summed E-state index contributed by atoms with van der Waals surface area (Å²) in [4.78, 5) is 29.1. The van der Waals surface area contributed by atoms with Crippen LogP contribution in [0.4, 0.5) is 18.9 Å². The van der Waals surface area contributed by atoms with E-state index in [9.17, 15) is 23.1 Å². The fourth-order valence-corrected chi connectivity index (χ4v) is 9.09. The topological polar surface area (TPSA) is 115 Å². The molecule has 0 bridgehead atoms. The van der Waals surface area contributed by atoms with Gasteiger partial charge in [-0.2, -0.15) is 13.2 Å². The number of aromatic nitrogens is 2. The smallest absolute Gasteiger partial charge is 0.481 e. The highest BCUT2D eigenvalue weighted by Crippen LogP contribution is 2.59. The van der Waals surface area contributed by atoms with E-state index in [0.717, 1.165) is 41.0 Å². The number of aromatic amines is 1. The molecule has 4 N–H and O–H groups in total. The van der Waals surface area contributed by atoms with Gasteiger partial charge in [0.15, 0.2) is 0 Å². The molecule has 0 saturated heterocycles. The number of carboxylic acid groups (broad SMARTS) is 2. The summed E-state index contributed by atoms with van der Waals surface area (Å²) >= 11 is 0. The van der Waals surface area contributed by atoms with Gasteiger partial charge in [-0.05, 0) is 106 Å². The van der Waals surface area contributed by atoms with E-state index in [2.05, 4.69) is 105 Å². The molecule has 0 spiro atoms. The van der Waals surface area contributed by atoms with Crippen LogP contribution in [-0.2, 0) is 27.8 Å². The van der Waals surface area contributed by atoms with Crippen LogP contribution in [-0.4, -0.2) is 44.8 Å². The van der Waals surface area contributed by atoms with Crippen molar-refractivity contribution < 1.29 is 33.0 Å². The molecule has 0 amide bonds. The van der Waals surface area contributed by atoms with Crippen molar-refractivity contribution >= 4 is 28.7 Å². The molecule has 0 aliphatic heterocycles.